The third-order valence-electron chi connectivity index (χ3n) is 5.11. The Morgan fingerprint density at radius 2 is 2.00 bits per heavy atom. The van der Waals surface area contributed by atoms with Crippen molar-refractivity contribution in [3.05, 3.63) is 34.2 Å². The van der Waals surface area contributed by atoms with Crippen LogP contribution in [-0.2, 0) is 6.54 Å². The lowest BCUT2D eigenvalue weighted by molar-refractivity contribution is 0.145. The van der Waals surface area contributed by atoms with Crippen LogP contribution in [0.4, 0.5) is 0 Å². The number of nitrogens with zero attached hydrogens (tertiary/aromatic N) is 2. The lowest BCUT2D eigenvalue weighted by Crippen LogP contribution is -2.40. The first-order valence-electron chi connectivity index (χ1n) is 8.23. The van der Waals surface area contributed by atoms with Crippen LogP contribution in [-0.4, -0.2) is 28.6 Å². The van der Waals surface area contributed by atoms with Crippen molar-refractivity contribution in [2.75, 3.05) is 13.1 Å². The fourth-order valence-electron chi connectivity index (χ4n) is 4.07. The van der Waals surface area contributed by atoms with E-state index in [1.807, 2.05) is 10.6 Å². The second-order valence-electron chi connectivity index (χ2n) is 6.31. The summed E-state index contributed by atoms with van der Waals surface area (Å²) in [5.41, 5.74) is 1.41. The quantitative estimate of drug-likeness (QED) is 0.828. The summed E-state index contributed by atoms with van der Waals surface area (Å²) in [6.45, 7) is 5.26. The van der Waals surface area contributed by atoms with E-state index in [0.717, 1.165) is 19.1 Å². The van der Waals surface area contributed by atoms with Crippen molar-refractivity contribution in [2.45, 2.75) is 64.0 Å². The highest BCUT2D eigenvalue weighted by Gasteiger charge is 2.29. The maximum absolute atomic E-state index is 12.0. The Bertz CT molecular complexity index is 508. The number of pyridine rings is 1. The summed E-state index contributed by atoms with van der Waals surface area (Å²) in [4.78, 5) is 14.7. The molecule has 2 aliphatic heterocycles. The predicted molar refractivity (Wildman–Crippen MR) is 82.2 cm³/mol. The van der Waals surface area contributed by atoms with Gasteiger partial charge in [0.15, 0.2) is 0 Å². The lowest BCUT2D eigenvalue weighted by atomic mass is 9.98. The maximum atomic E-state index is 12.0. The van der Waals surface area contributed by atoms with Crippen molar-refractivity contribution < 1.29 is 0 Å². The van der Waals surface area contributed by atoms with E-state index in [9.17, 15) is 4.79 Å². The predicted octanol–water partition coefficient (Wildman–Crippen LogP) is 2.99. The normalized spacial score (nSPS) is 27.9. The number of rotatable bonds is 2. The van der Waals surface area contributed by atoms with Crippen molar-refractivity contribution in [3.63, 3.8) is 0 Å². The molecule has 0 amide bonds. The van der Waals surface area contributed by atoms with E-state index in [4.69, 9.17) is 0 Å². The third-order valence-corrected chi connectivity index (χ3v) is 5.11. The van der Waals surface area contributed by atoms with E-state index in [1.165, 1.54) is 50.8 Å². The van der Waals surface area contributed by atoms with E-state index in [2.05, 4.69) is 17.9 Å². The van der Waals surface area contributed by atoms with Gasteiger partial charge in [-0.25, -0.2) is 0 Å². The molecule has 0 aromatic carbocycles. The summed E-state index contributed by atoms with van der Waals surface area (Å²) in [7, 11) is 0. The van der Waals surface area contributed by atoms with Gasteiger partial charge in [-0.3, -0.25) is 9.69 Å². The second-order valence-corrected chi connectivity index (χ2v) is 6.31. The summed E-state index contributed by atoms with van der Waals surface area (Å²) in [6, 6.07) is 6.59. The van der Waals surface area contributed by atoms with Crippen LogP contribution in [0.3, 0.4) is 0 Å². The molecule has 1 aromatic rings. The molecule has 3 heterocycles. The van der Waals surface area contributed by atoms with Crippen LogP contribution < -0.4 is 5.56 Å². The molecule has 0 spiro atoms. The van der Waals surface area contributed by atoms with E-state index in [-0.39, 0.29) is 5.56 Å². The van der Waals surface area contributed by atoms with Gasteiger partial charge in [0.2, 0.25) is 0 Å². The molecular formula is C17H26N2O. The maximum Gasteiger partial charge on any atom is 0.250 e. The number of hydrogen-bond acceptors (Lipinski definition) is 2. The molecule has 0 saturated carbocycles. The van der Waals surface area contributed by atoms with Gasteiger partial charge in [0.25, 0.3) is 5.56 Å². The standard InChI is InChI=1S/C17H26N2O/c1-2-19-16(10-6-11-17(19)20)14-7-5-9-15-8-3-4-12-18(15)13-14/h6,10-11,14-15H,2-5,7-9,12-13H2,1H3. The zero-order valence-corrected chi connectivity index (χ0v) is 12.6. The van der Waals surface area contributed by atoms with Crippen molar-refractivity contribution in [1.29, 1.82) is 0 Å². The second kappa shape index (κ2) is 6.13. The van der Waals surface area contributed by atoms with Gasteiger partial charge in [0.1, 0.15) is 0 Å². The Balaban J connectivity index is 1.86. The van der Waals surface area contributed by atoms with Crippen LogP contribution in [0, 0.1) is 0 Å². The molecule has 2 atom stereocenters. The van der Waals surface area contributed by atoms with Gasteiger partial charge in [-0.2, -0.15) is 0 Å². The average molecular weight is 274 g/mol. The fourth-order valence-corrected chi connectivity index (χ4v) is 4.07. The molecule has 20 heavy (non-hydrogen) atoms. The Morgan fingerprint density at radius 1 is 1.15 bits per heavy atom. The summed E-state index contributed by atoms with van der Waals surface area (Å²) < 4.78 is 1.97. The van der Waals surface area contributed by atoms with Crippen LogP contribution in [0.2, 0.25) is 0 Å². The monoisotopic (exact) mass is 274 g/mol. The molecule has 2 aliphatic rings. The van der Waals surface area contributed by atoms with Crippen molar-refractivity contribution in [3.8, 4) is 0 Å². The van der Waals surface area contributed by atoms with Crippen LogP contribution in [0.15, 0.2) is 23.0 Å². The summed E-state index contributed by atoms with van der Waals surface area (Å²) in [5, 5.41) is 0. The fraction of sp³-hybridized carbons (Fsp3) is 0.706. The van der Waals surface area contributed by atoms with Crippen molar-refractivity contribution in [1.82, 2.24) is 9.47 Å². The smallest absolute Gasteiger partial charge is 0.250 e. The molecule has 110 valence electrons. The summed E-state index contributed by atoms with van der Waals surface area (Å²) >= 11 is 0. The molecule has 0 radical (unpaired) electrons. The molecule has 1 aromatic heterocycles. The van der Waals surface area contributed by atoms with Gasteiger partial charge in [-0.1, -0.05) is 18.9 Å². The summed E-state index contributed by atoms with van der Waals surface area (Å²) in [6.07, 6.45) is 8.01. The first-order valence-corrected chi connectivity index (χ1v) is 8.23. The summed E-state index contributed by atoms with van der Waals surface area (Å²) in [5.74, 6) is 0.534. The Kier molecular flexibility index (Phi) is 4.25. The molecule has 0 aliphatic carbocycles. The molecule has 2 saturated heterocycles. The molecule has 2 fully saturated rings. The van der Waals surface area contributed by atoms with Crippen LogP contribution in [0.1, 0.15) is 57.1 Å². The molecule has 3 rings (SSSR count). The first kappa shape index (κ1) is 13.9. The van der Waals surface area contributed by atoms with Crippen molar-refractivity contribution in [2.24, 2.45) is 0 Å². The molecule has 3 nitrogen and oxygen atoms in total. The van der Waals surface area contributed by atoms with E-state index < -0.39 is 0 Å². The third kappa shape index (κ3) is 2.69. The highest BCUT2D eigenvalue weighted by atomic mass is 16.1. The zero-order chi connectivity index (χ0) is 13.9. The Morgan fingerprint density at radius 3 is 2.85 bits per heavy atom. The largest absolute Gasteiger partial charge is 0.313 e. The molecular weight excluding hydrogens is 248 g/mol. The number of aromatic nitrogens is 1. The number of piperidine rings is 1. The van der Waals surface area contributed by atoms with Crippen LogP contribution in [0.5, 0.6) is 0 Å². The molecule has 3 heteroatoms. The van der Waals surface area contributed by atoms with Gasteiger partial charge in [-0.15, -0.1) is 0 Å². The molecule has 0 bridgehead atoms. The van der Waals surface area contributed by atoms with E-state index in [0.29, 0.717) is 5.92 Å². The minimum atomic E-state index is 0.157. The topological polar surface area (TPSA) is 25.2 Å². The minimum absolute atomic E-state index is 0.157. The van der Waals surface area contributed by atoms with Gasteiger partial charge in [0, 0.05) is 36.8 Å². The van der Waals surface area contributed by atoms with Crippen LogP contribution >= 0.6 is 0 Å². The lowest BCUT2D eigenvalue weighted by Gasteiger charge is -2.35. The highest BCUT2D eigenvalue weighted by Crippen LogP contribution is 2.32. The number of hydrogen-bond donors (Lipinski definition) is 0. The molecule has 2 unspecified atom stereocenters. The Labute approximate surface area is 121 Å². The SMILES string of the molecule is CCn1c(C2CCCC3CCCCN3C2)cccc1=O. The van der Waals surface area contributed by atoms with Crippen molar-refractivity contribution >= 4 is 0 Å². The van der Waals surface area contributed by atoms with Gasteiger partial charge < -0.3 is 4.57 Å². The van der Waals surface area contributed by atoms with E-state index in [1.54, 1.807) is 6.07 Å². The Hall–Kier alpha value is -1.09. The highest BCUT2D eigenvalue weighted by molar-refractivity contribution is 5.13. The molecule has 0 N–H and O–H groups in total. The average Bonchev–Trinajstić information content (AvgIpc) is 2.69. The number of fused-ring (bicyclic) bond motifs is 1. The van der Waals surface area contributed by atoms with Gasteiger partial charge in [0.05, 0.1) is 0 Å². The van der Waals surface area contributed by atoms with Crippen LogP contribution in [0.25, 0.3) is 0 Å². The van der Waals surface area contributed by atoms with Gasteiger partial charge in [-0.05, 0) is 45.2 Å². The van der Waals surface area contributed by atoms with Gasteiger partial charge >= 0.3 is 0 Å². The van der Waals surface area contributed by atoms with E-state index >= 15 is 0 Å². The zero-order valence-electron chi connectivity index (χ0n) is 12.6. The first-order chi connectivity index (χ1) is 9.79. The minimum Gasteiger partial charge on any atom is -0.313 e.